The van der Waals surface area contributed by atoms with Crippen molar-refractivity contribution in [1.82, 2.24) is 10.2 Å². The number of anilines is 1. The van der Waals surface area contributed by atoms with E-state index in [1.807, 2.05) is 0 Å². The molecule has 0 fully saturated rings. The summed E-state index contributed by atoms with van der Waals surface area (Å²) in [5.74, 6) is -0.141. The van der Waals surface area contributed by atoms with Gasteiger partial charge in [0.05, 0.1) is 11.4 Å². The molecule has 3 rings (SSSR count). The molecule has 9 nitrogen and oxygen atoms in total. The van der Waals surface area contributed by atoms with E-state index in [-0.39, 0.29) is 50.7 Å². The van der Waals surface area contributed by atoms with Gasteiger partial charge in [0.1, 0.15) is 17.2 Å². The number of ether oxygens (including phenoxy) is 2. The molecular formula is C19H17F3N3O6PS. The summed E-state index contributed by atoms with van der Waals surface area (Å²) in [6, 6.07) is 9.27. The molecule has 2 aromatic carbocycles. The first kappa shape index (κ1) is 24.6. The van der Waals surface area contributed by atoms with Crippen LogP contribution >= 0.6 is 18.9 Å². The molecule has 0 saturated carbocycles. The molecule has 1 aromatic heterocycles. The van der Waals surface area contributed by atoms with Crippen LogP contribution in [0.25, 0.3) is 0 Å². The van der Waals surface area contributed by atoms with Gasteiger partial charge in [-0.25, -0.2) is 0 Å². The Hall–Kier alpha value is -2.99. The Morgan fingerprint density at radius 2 is 1.70 bits per heavy atom. The van der Waals surface area contributed by atoms with Crippen LogP contribution in [0.1, 0.15) is 29.2 Å². The summed E-state index contributed by atoms with van der Waals surface area (Å²) in [5.41, 5.74) is 0.0127. The summed E-state index contributed by atoms with van der Waals surface area (Å²) in [7, 11) is -4.42. The van der Waals surface area contributed by atoms with Gasteiger partial charge in [-0.1, -0.05) is 11.3 Å². The summed E-state index contributed by atoms with van der Waals surface area (Å²) in [5, 5.41) is 6.87. The maximum absolute atomic E-state index is 12.7. The average molecular weight is 503 g/mol. The van der Waals surface area contributed by atoms with Gasteiger partial charge in [-0.05, 0) is 50.2 Å². The van der Waals surface area contributed by atoms with E-state index >= 15 is 0 Å². The van der Waals surface area contributed by atoms with Crippen molar-refractivity contribution in [1.29, 1.82) is 0 Å². The summed E-state index contributed by atoms with van der Waals surface area (Å²) in [6.45, 7) is 3.52. The van der Waals surface area contributed by atoms with E-state index < -0.39 is 24.7 Å². The number of hydrogen-bond acceptors (Lipinski definition) is 7. The molecule has 1 heterocycles. The van der Waals surface area contributed by atoms with E-state index in [4.69, 9.17) is 9.47 Å². The first-order valence-electron chi connectivity index (χ1n) is 9.19. The molecule has 1 amide bonds. The number of alkyl halides is 3. The van der Waals surface area contributed by atoms with Crippen LogP contribution in [0.2, 0.25) is 0 Å². The van der Waals surface area contributed by atoms with E-state index in [1.54, 1.807) is 13.8 Å². The minimum atomic E-state index is -4.68. The van der Waals surface area contributed by atoms with Gasteiger partial charge in [0.15, 0.2) is 0 Å². The number of halogens is 3. The fourth-order valence-electron chi connectivity index (χ4n) is 2.50. The molecule has 0 unspecified atom stereocenters. The Balaban J connectivity index is 1.85. The van der Waals surface area contributed by atoms with Crippen molar-refractivity contribution in [3.05, 3.63) is 53.0 Å². The number of carbonyl (C=O) groups excluding carboxylic acids is 1. The molecule has 0 spiro atoms. The molecule has 0 atom stereocenters. The SMILES string of the molecule is CC(C)Oc1cc(Oc2ccc(P(=O)(O)O)cc2)cc(C(=O)Nc2nnc(C(F)(F)F)s2)c1. The number of rotatable bonds is 7. The summed E-state index contributed by atoms with van der Waals surface area (Å²) in [4.78, 5) is 31.0. The van der Waals surface area contributed by atoms with Crippen LogP contribution in [0, 0.1) is 0 Å². The van der Waals surface area contributed by atoms with Gasteiger partial charge in [-0.15, -0.1) is 10.2 Å². The monoisotopic (exact) mass is 503 g/mol. The van der Waals surface area contributed by atoms with Gasteiger partial charge in [0, 0.05) is 11.6 Å². The molecular weight excluding hydrogens is 486 g/mol. The van der Waals surface area contributed by atoms with Crippen molar-refractivity contribution >= 4 is 35.3 Å². The van der Waals surface area contributed by atoms with Crippen LogP contribution in [0.3, 0.4) is 0 Å². The zero-order valence-electron chi connectivity index (χ0n) is 17.0. The summed E-state index contributed by atoms with van der Waals surface area (Å²) >= 11 is 0.182. The molecule has 33 heavy (non-hydrogen) atoms. The standard InChI is InChI=1S/C19H17F3N3O6PS/c1-10(2)30-13-7-11(16(26)23-18-25-24-17(33-18)19(20,21)22)8-14(9-13)31-12-3-5-15(6-4-12)32(27,28)29/h3-10H,1-2H3,(H,23,25,26)(H2,27,28,29). The first-order chi connectivity index (χ1) is 15.3. The molecule has 0 aliphatic rings. The van der Waals surface area contributed by atoms with Gasteiger partial charge in [0.2, 0.25) is 10.1 Å². The molecule has 0 aliphatic carbocycles. The van der Waals surface area contributed by atoms with E-state index in [0.717, 1.165) is 0 Å². The minimum absolute atomic E-state index is 0.0127. The lowest BCUT2D eigenvalue weighted by Gasteiger charge is -2.14. The predicted molar refractivity (Wildman–Crippen MR) is 113 cm³/mol. The predicted octanol–water partition coefficient (Wildman–Crippen LogP) is 4.19. The highest BCUT2D eigenvalue weighted by atomic mass is 32.1. The smallest absolute Gasteiger partial charge is 0.445 e. The Bertz CT molecular complexity index is 1190. The maximum atomic E-state index is 12.7. The topological polar surface area (TPSA) is 131 Å². The number of amides is 1. The normalized spacial score (nSPS) is 12.0. The van der Waals surface area contributed by atoms with Crippen LogP contribution in [-0.2, 0) is 10.7 Å². The zero-order chi connectivity index (χ0) is 24.4. The van der Waals surface area contributed by atoms with E-state index in [0.29, 0.717) is 0 Å². The number of carbonyl (C=O) groups is 1. The molecule has 3 N–H and O–H groups in total. The minimum Gasteiger partial charge on any atom is -0.491 e. The third-order valence-electron chi connectivity index (χ3n) is 3.81. The Kier molecular flexibility index (Phi) is 7.08. The summed E-state index contributed by atoms with van der Waals surface area (Å²) in [6.07, 6.45) is -4.93. The lowest BCUT2D eigenvalue weighted by molar-refractivity contribution is -0.138. The highest BCUT2D eigenvalue weighted by Gasteiger charge is 2.35. The lowest BCUT2D eigenvalue weighted by Crippen LogP contribution is -2.13. The second-order valence-electron chi connectivity index (χ2n) is 6.86. The number of benzene rings is 2. The van der Waals surface area contributed by atoms with Crippen molar-refractivity contribution in [3.63, 3.8) is 0 Å². The van der Waals surface area contributed by atoms with Crippen molar-refractivity contribution in [2.45, 2.75) is 26.1 Å². The lowest BCUT2D eigenvalue weighted by atomic mass is 10.2. The van der Waals surface area contributed by atoms with Gasteiger partial charge in [-0.3, -0.25) is 14.7 Å². The van der Waals surface area contributed by atoms with Crippen molar-refractivity contribution in [2.24, 2.45) is 0 Å². The fourth-order valence-corrected chi connectivity index (χ4v) is 3.65. The number of nitrogens with zero attached hydrogens (tertiary/aromatic N) is 2. The molecule has 0 saturated heterocycles. The van der Waals surface area contributed by atoms with E-state index in [1.165, 1.54) is 42.5 Å². The molecule has 14 heteroatoms. The van der Waals surface area contributed by atoms with Crippen molar-refractivity contribution in [2.75, 3.05) is 5.32 Å². The second-order valence-corrected chi connectivity index (χ2v) is 9.45. The van der Waals surface area contributed by atoms with Crippen LogP contribution < -0.4 is 20.1 Å². The zero-order valence-corrected chi connectivity index (χ0v) is 18.7. The van der Waals surface area contributed by atoms with Crippen LogP contribution in [-0.4, -0.2) is 32.0 Å². The molecule has 176 valence electrons. The van der Waals surface area contributed by atoms with Crippen molar-refractivity contribution in [3.8, 4) is 17.2 Å². The van der Waals surface area contributed by atoms with Gasteiger partial charge >= 0.3 is 13.8 Å². The van der Waals surface area contributed by atoms with Crippen LogP contribution in [0.15, 0.2) is 42.5 Å². The van der Waals surface area contributed by atoms with E-state index in [9.17, 15) is 32.3 Å². The number of hydrogen-bond donors (Lipinski definition) is 3. The van der Waals surface area contributed by atoms with Gasteiger partial charge in [-0.2, -0.15) is 13.2 Å². The number of nitrogens with one attached hydrogen (secondary N) is 1. The maximum Gasteiger partial charge on any atom is 0.445 e. The Labute approximate surface area is 189 Å². The fraction of sp³-hybridized carbons (Fsp3) is 0.211. The summed E-state index contributed by atoms with van der Waals surface area (Å²) < 4.78 is 60.7. The number of aromatic nitrogens is 2. The molecule has 0 aliphatic heterocycles. The average Bonchev–Trinajstić information content (AvgIpc) is 3.16. The van der Waals surface area contributed by atoms with Crippen LogP contribution in [0.5, 0.6) is 17.2 Å². The van der Waals surface area contributed by atoms with Crippen molar-refractivity contribution < 1.29 is 41.8 Å². The van der Waals surface area contributed by atoms with E-state index in [2.05, 4.69) is 15.5 Å². The van der Waals surface area contributed by atoms with Gasteiger partial charge in [0.25, 0.3) is 5.91 Å². The largest absolute Gasteiger partial charge is 0.491 e. The Morgan fingerprint density at radius 1 is 1.06 bits per heavy atom. The van der Waals surface area contributed by atoms with Gasteiger partial charge < -0.3 is 19.3 Å². The van der Waals surface area contributed by atoms with Crippen LogP contribution in [0.4, 0.5) is 18.3 Å². The molecule has 0 radical (unpaired) electrons. The second kappa shape index (κ2) is 9.48. The third kappa shape index (κ3) is 6.75. The highest BCUT2D eigenvalue weighted by Crippen LogP contribution is 2.35. The Morgan fingerprint density at radius 3 is 2.24 bits per heavy atom. The third-order valence-corrected chi connectivity index (χ3v) is 5.67. The quantitative estimate of drug-likeness (QED) is 0.409. The molecule has 0 bridgehead atoms. The first-order valence-corrected chi connectivity index (χ1v) is 11.6. The molecule has 3 aromatic rings. The highest BCUT2D eigenvalue weighted by molar-refractivity contribution is 7.60.